The molecule has 0 fully saturated rings. The molecule has 0 saturated heterocycles. The Bertz CT molecular complexity index is 1910. The number of fused-ring (bicyclic) bond motifs is 8. The van der Waals surface area contributed by atoms with E-state index in [1.807, 2.05) is 11.8 Å². The molecule has 0 aromatic heterocycles. The van der Waals surface area contributed by atoms with Crippen molar-refractivity contribution in [2.75, 3.05) is 15.1 Å². The summed E-state index contributed by atoms with van der Waals surface area (Å²) in [6.45, 7) is 0. The highest BCUT2D eigenvalue weighted by Gasteiger charge is 2.38. The van der Waals surface area contributed by atoms with E-state index >= 15 is 0 Å². The van der Waals surface area contributed by atoms with E-state index < -0.39 is 0 Å². The van der Waals surface area contributed by atoms with Gasteiger partial charge in [-0.1, -0.05) is 103 Å². The third-order valence-electron chi connectivity index (χ3n) is 8.75. The van der Waals surface area contributed by atoms with Gasteiger partial charge < -0.3 is 15.1 Å². The van der Waals surface area contributed by atoms with Gasteiger partial charge in [-0.15, -0.1) is 0 Å². The van der Waals surface area contributed by atoms with Crippen molar-refractivity contribution < 1.29 is 0 Å². The molecule has 0 radical (unpaired) electrons. The molecule has 4 aliphatic rings. The number of nitrogens with zero attached hydrogens (tertiary/aromatic N) is 2. The monoisotopic (exact) mass is 545 g/mol. The average molecular weight is 546 g/mol. The molecule has 5 aromatic rings. The molecule has 3 unspecified atom stereocenters. The zero-order valence-corrected chi connectivity index (χ0v) is 23.1. The van der Waals surface area contributed by atoms with Gasteiger partial charge in [-0.2, -0.15) is 0 Å². The fraction of sp³-hybridized carbons (Fsp3) is 0.0811. The highest BCUT2D eigenvalue weighted by molar-refractivity contribution is 8.00. The molecule has 3 aliphatic heterocycles. The van der Waals surface area contributed by atoms with Crippen LogP contribution < -0.4 is 15.1 Å². The average Bonchev–Trinajstić information content (AvgIpc) is 3.69. The Labute approximate surface area is 244 Å². The Morgan fingerprint density at radius 2 is 1.29 bits per heavy atom. The van der Waals surface area contributed by atoms with Crippen LogP contribution in [0.25, 0.3) is 22.3 Å². The minimum atomic E-state index is 0.219. The Balaban J connectivity index is 1.08. The molecule has 4 heteroatoms. The molecule has 0 amide bonds. The summed E-state index contributed by atoms with van der Waals surface area (Å²) >= 11 is 1.89. The summed E-state index contributed by atoms with van der Waals surface area (Å²) in [6.07, 6.45) is 9.04. The van der Waals surface area contributed by atoms with Gasteiger partial charge in [0, 0.05) is 22.2 Å². The summed E-state index contributed by atoms with van der Waals surface area (Å²) in [5.41, 5.74) is 12.8. The van der Waals surface area contributed by atoms with Crippen molar-refractivity contribution in [2.45, 2.75) is 22.4 Å². The summed E-state index contributed by atoms with van der Waals surface area (Å²) in [5, 5.41) is 3.66. The third kappa shape index (κ3) is 3.54. The van der Waals surface area contributed by atoms with Gasteiger partial charge in [0.15, 0.2) is 5.50 Å². The van der Waals surface area contributed by atoms with E-state index in [0.717, 1.165) is 0 Å². The van der Waals surface area contributed by atoms with Crippen LogP contribution in [-0.4, -0.2) is 11.5 Å². The van der Waals surface area contributed by atoms with Crippen molar-refractivity contribution in [1.29, 1.82) is 0 Å². The maximum absolute atomic E-state index is 3.66. The van der Waals surface area contributed by atoms with Crippen molar-refractivity contribution in [3.63, 3.8) is 0 Å². The van der Waals surface area contributed by atoms with E-state index in [1.54, 1.807) is 0 Å². The van der Waals surface area contributed by atoms with Crippen molar-refractivity contribution in [2.24, 2.45) is 0 Å². The van der Waals surface area contributed by atoms with E-state index in [4.69, 9.17) is 0 Å². The second-order valence-corrected chi connectivity index (χ2v) is 12.2. The van der Waals surface area contributed by atoms with Gasteiger partial charge in [-0.25, -0.2) is 0 Å². The van der Waals surface area contributed by atoms with E-state index in [2.05, 4.69) is 155 Å². The second kappa shape index (κ2) is 8.92. The first-order chi connectivity index (χ1) is 20.3. The van der Waals surface area contributed by atoms with E-state index in [-0.39, 0.29) is 5.50 Å². The number of hydrogen-bond donors (Lipinski definition) is 1. The maximum Gasteiger partial charge on any atom is 0.157 e. The number of hydrogen-bond acceptors (Lipinski definition) is 4. The van der Waals surface area contributed by atoms with E-state index in [9.17, 15) is 0 Å². The Morgan fingerprint density at radius 3 is 2.20 bits per heavy atom. The molecule has 1 N–H and O–H groups in total. The zero-order valence-electron chi connectivity index (χ0n) is 22.3. The molecular formula is C37H27N3S. The van der Waals surface area contributed by atoms with Crippen LogP contribution in [0.1, 0.15) is 11.5 Å². The quantitative estimate of drug-likeness (QED) is 0.243. The second-order valence-electron chi connectivity index (χ2n) is 11.0. The SMILES string of the molecule is C1=CC2c3ccccc3N(c3cccc(-c4cccc(-c5ccc6c(c5)N5c7ccccc7NC5S6)c4)c3)C2C=C1. The first-order valence-electron chi connectivity index (χ1n) is 14.2. The van der Waals surface area contributed by atoms with Gasteiger partial charge in [0.25, 0.3) is 0 Å². The Hall–Kier alpha value is -4.67. The van der Waals surface area contributed by atoms with Crippen LogP contribution in [0.15, 0.2) is 144 Å². The van der Waals surface area contributed by atoms with Crippen molar-refractivity contribution in [1.82, 2.24) is 0 Å². The Kier molecular flexibility index (Phi) is 5.02. The topological polar surface area (TPSA) is 18.5 Å². The van der Waals surface area contributed by atoms with Gasteiger partial charge >= 0.3 is 0 Å². The predicted octanol–water partition coefficient (Wildman–Crippen LogP) is 9.70. The lowest BCUT2D eigenvalue weighted by molar-refractivity contribution is 0.745. The third-order valence-corrected chi connectivity index (χ3v) is 9.90. The fourth-order valence-electron chi connectivity index (χ4n) is 6.88. The minimum absolute atomic E-state index is 0.219. The van der Waals surface area contributed by atoms with E-state index in [1.165, 1.54) is 61.1 Å². The number of rotatable bonds is 3. The van der Waals surface area contributed by atoms with Crippen molar-refractivity contribution in [3.05, 3.63) is 145 Å². The molecule has 41 heavy (non-hydrogen) atoms. The summed E-state index contributed by atoms with van der Waals surface area (Å²) in [7, 11) is 0. The summed E-state index contributed by atoms with van der Waals surface area (Å²) in [4.78, 5) is 6.26. The molecular weight excluding hydrogens is 518 g/mol. The molecule has 3 heterocycles. The largest absolute Gasteiger partial charge is 0.354 e. The van der Waals surface area contributed by atoms with Gasteiger partial charge in [0.1, 0.15) is 0 Å². The number of allylic oxidation sites excluding steroid dienone is 2. The number of para-hydroxylation sites is 3. The van der Waals surface area contributed by atoms with Gasteiger partial charge in [0.2, 0.25) is 0 Å². The highest BCUT2D eigenvalue weighted by Crippen LogP contribution is 2.54. The molecule has 0 bridgehead atoms. The first kappa shape index (κ1) is 23.1. The van der Waals surface area contributed by atoms with E-state index in [0.29, 0.717) is 12.0 Å². The molecule has 0 saturated carbocycles. The standard InChI is InChI=1S/C37H27N3S/c1-4-16-32-29(13-1)30-14-2-5-17-33(30)39(32)28-12-8-11-26(22-28)24-9-7-10-25(21-24)27-19-20-36-35(23-27)40-34-18-6-3-15-31(34)38-37(40)41-36/h1-23,29,32,37-38H. The summed E-state index contributed by atoms with van der Waals surface area (Å²) < 4.78 is 0. The Morgan fingerprint density at radius 1 is 0.561 bits per heavy atom. The number of nitrogens with one attached hydrogen (secondary N) is 1. The zero-order chi connectivity index (χ0) is 26.9. The van der Waals surface area contributed by atoms with Gasteiger partial charge in [0.05, 0.1) is 23.1 Å². The van der Waals surface area contributed by atoms with Crippen molar-refractivity contribution >= 4 is 40.2 Å². The van der Waals surface area contributed by atoms with Gasteiger partial charge in [-0.05, 0) is 76.3 Å². The molecule has 3 atom stereocenters. The number of benzene rings is 5. The van der Waals surface area contributed by atoms with Crippen LogP contribution in [-0.2, 0) is 0 Å². The predicted molar refractivity (Wildman–Crippen MR) is 173 cm³/mol. The first-order valence-corrected chi connectivity index (χ1v) is 15.1. The van der Waals surface area contributed by atoms with Crippen LogP contribution in [0.4, 0.5) is 28.4 Å². The van der Waals surface area contributed by atoms with Gasteiger partial charge in [-0.3, -0.25) is 0 Å². The summed E-state index contributed by atoms with van der Waals surface area (Å²) in [5.74, 6) is 0.388. The minimum Gasteiger partial charge on any atom is -0.354 e. The van der Waals surface area contributed by atoms with Crippen LogP contribution in [0.2, 0.25) is 0 Å². The molecule has 1 aliphatic carbocycles. The summed E-state index contributed by atoms with van der Waals surface area (Å²) in [6, 6.07) is 42.6. The van der Waals surface area contributed by atoms with Crippen LogP contribution >= 0.6 is 11.8 Å². The molecule has 5 aromatic carbocycles. The van der Waals surface area contributed by atoms with Crippen LogP contribution in [0.3, 0.4) is 0 Å². The maximum atomic E-state index is 3.66. The number of anilines is 5. The fourth-order valence-corrected chi connectivity index (χ4v) is 8.06. The highest BCUT2D eigenvalue weighted by atomic mass is 32.2. The van der Waals surface area contributed by atoms with Crippen LogP contribution in [0.5, 0.6) is 0 Å². The molecule has 9 rings (SSSR count). The van der Waals surface area contributed by atoms with Crippen molar-refractivity contribution in [3.8, 4) is 22.3 Å². The lowest BCUT2D eigenvalue weighted by atomic mass is 9.91. The lowest BCUT2D eigenvalue weighted by Gasteiger charge is -2.29. The molecule has 196 valence electrons. The normalized spacial score (nSPS) is 20.7. The number of thioether (sulfide) groups is 1. The lowest BCUT2D eigenvalue weighted by Crippen LogP contribution is -2.28. The molecule has 3 nitrogen and oxygen atoms in total. The molecule has 0 spiro atoms. The smallest absolute Gasteiger partial charge is 0.157 e. The van der Waals surface area contributed by atoms with Crippen LogP contribution in [0, 0.1) is 0 Å².